The van der Waals surface area contributed by atoms with E-state index in [-0.39, 0.29) is 17.6 Å². The van der Waals surface area contributed by atoms with Gasteiger partial charge in [0.05, 0.1) is 11.5 Å². The number of nitrogens with one attached hydrogen (secondary N) is 2. The van der Waals surface area contributed by atoms with Gasteiger partial charge in [-0.1, -0.05) is 36.4 Å². The molecule has 1 aliphatic heterocycles. The van der Waals surface area contributed by atoms with E-state index in [0.29, 0.717) is 11.3 Å². The molecule has 1 heterocycles. The third-order valence-electron chi connectivity index (χ3n) is 3.32. The SMILES string of the molecule is N=C=C1C(=N)Oc2cc(O)ccc2C1c1ccccc1. The fraction of sp³-hybridized carbons (Fsp3) is 0.0625. The molecule has 0 fully saturated rings. The zero-order valence-corrected chi connectivity index (χ0v) is 10.6. The van der Waals surface area contributed by atoms with Crippen molar-refractivity contribution in [1.82, 2.24) is 0 Å². The minimum Gasteiger partial charge on any atom is -0.508 e. The molecule has 98 valence electrons. The lowest BCUT2D eigenvalue weighted by molar-refractivity contribution is 0.463. The normalized spacial score (nSPS) is 17.1. The molecule has 2 aromatic carbocycles. The fourth-order valence-electron chi connectivity index (χ4n) is 2.42. The maximum Gasteiger partial charge on any atom is 0.225 e. The van der Waals surface area contributed by atoms with Crippen molar-refractivity contribution in [3.8, 4) is 11.5 Å². The zero-order chi connectivity index (χ0) is 14.1. The smallest absolute Gasteiger partial charge is 0.225 e. The molecule has 0 saturated heterocycles. The van der Waals surface area contributed by atoms with Gasteiger partial charge in [0, 0.05) is 11.6 Å². The summed E-state index contributed by atoms with van der Waals surface area (Å²) >= 11 is 0. The number of rotatable bonds is 1. The molecule has 0 amide bonds. The first-order valence-electron chi connectivity index (χ1n) is 6.15. The average molecular weight is 264 g/mol. The molecule has 0 aromatic heterocycles. The van der Waals surface area contributed by atoms with E-state index < -0.39 is 0 Å². The predicted octanol–water partition coefficient (Wildman–Crippen LogP) is 3.07. The average Bonchev–Trinajstić information content (AvgIpc) is 2.46. The monoisotopic (exact) mass is 264 g/mol. The van der Waals surface area contributed by atoms with Gasteiger partial charge in [-0.3, -0.25) is 10.8 Å². The summed E-state index contributed by atoms with van der Waals surface area (Å²) in [6.45, 7) is 0. The molecule has 2 aromatic rings. The van der Waals surface area contributed by atoms with Crippen LogP contribution in [-0.4, -0.2) is 16.9 Å². The van der Waals surface area contributed by atoms with Crippen LogP contribution in [0.2, 0.25) is 0 Å². The highest BCUT2D eigenvalue weighted by atomic mass is 16.5. The first kappa shape index (κ1) is 12.2. The van der Waals surface area contributed by atoms with Crippen molar-refractivity contribution < 1.29 is 9.84 Å². The number of hydrogen-bond donors (Lipinski definition) is 3. The number of phenolic OH excluding ortho intramolecular Hbond substituents is 1. The molecule has 0 saturated carbocycles. The summed E-state index contributed by atoms with van der Waals surface area (Å²) in [5, 5.41) is 24.9. The van der Waals surface area contributed by atoms with Crippen LogP contribution in [0.5, 0.6) is 11.5 Å². The van der Waals surface area contributed by atoms with Gasteiger partial charge in [0.2, 0.25) is 5.90 Å². The molecule has 3 rings (SSSR count). The molecule has 20 heavy (non-hydrogen) atoms. The molecule has 1 aliphatic rings. The van der Waals surface area contributed by atoms with Gasteiger partial charge in [-0.15, -0.1) is 0 Å². The Kier molecular flexibility index (Phi) is 2.86. The van der Waals surface area contributed by atoms with E-state index in [1.807, 2.05) is 30.3 Å². The molecule has 0 aliphatic carbocycles. The highest BCUT2D eigenvalue weighted by Gasteiger charge is 2.32. The van der Waals surface area contributed by atoms with Gasteiger partial charge in [0.1, 0.15) is 11.5 Å². The largest absolute Gasteiger partial charge is 0.508 e. The maximum atomic E-state index is 9.54. The van der Waals surface area contributed by atoms with Crippen LogP contribution < -0.4 is 4.74 Å². The fourth-order valence-corrected chi connectivity index (χ4v) is 2.42. The molecular weight excluding hydrogens is 252 g/mol. The van der Waals surface area contributed by atoms with Crippen molar-refractivity contribution in [2.24, 2.45) is 0 Å². The number of hydrogen-bond acceptors (Lipinski definition) is 4. The Balaban J connectivity index is 2.25. The summed E-state index contributed by atoms with van der Waals surface area (Å²) in [5.41, 5.74) is 2.16. The molecule has 0 bridgehead atoms. The van der Waals surface area contributed by atoms with E-state index in [9.17, 15) is 5.11 Å². The molecule has 1 unspecified atom stereocenters. The second kappa shape index (κ2) is 4.68. The lowest BCUT2D eigenvalue weighted by Gasteiger charge is -2.27. The number of aromatic hydroxyl groups is 1. The van der Waals surface area contributed by atoms with Crippen molar-refractivity contribution in [2.75, 3.05) is 0 Å². The van der Waals surface area contributed by atoms with Gasteiger partial charge in [0.25, 0.3) is 0 Å². The first-order valence-corrected chi connectivity index (χ1v) is 6.15. The molecule has 4 nitrogen and oxygen atoms in total. The van der Waals surface area contributed by atoms with Gasteiger partial charge in [-0.25, -0.2) is 0 Å². The Bertz CT molecular complexity index is 731. The van der Waals surface area contributed by atoms with Crippen LogP contribution in [0.25, 0.3) is 0 Å². The standard InChI is InChI=1S/C16H12N2O2/c17-9-13-15(10-4-2-1-3-5-10)12-7-6-11(19)8-14(12)20-16(13)18/h1-8,15,17-19H. The van der Waals surface area contributed by atoms with Crippen molar-refractivity contribution in [1.29, 1.82) is 10.8 Å². The summed E-state index contributed by atoms with van der Waals surface area (Å²) < 4.78 is 5.37. The highest BCUT2D eigenvalue weighted by Crippen LogP contribution is 2.42. The molecule has 3 N–H and O–H groups in total. The summed E-state index contributed by atoms with van der Waals surface area (Å²) in [6, 6.07) is 14.4. The minimum atomic E-state index is -0.273. The number of fused-ring (bicyclic) bond motifs is 1. The van der Waals surface area contributed by atoms with Gasteiger partial charge < -0.3 is 9.84 Å². The van der Waals surface area contributed by atoms with Crippen molar-refractivity contribution >= 4 is 11.8 Å². The Morgan fingerprint density at radius 2 is 1.85 bits per heavy atom. The minimum absolute atomic E-state index is 0.0886. The lowest BCUT2D eigenvalue weighted by Crippen LogP contribution is -2.24. The Hall–Kier alpha value is -2.84. The van der Waals surface area contributed by atoms with Gasteiger partial charge in [-0.2, -0.15) is 0 Å². The van der Waals surface area contributed by atoms with E-state index in [4.69, 9.17) is 15.6 Å². The summed E-state index contributed by atoms with van der Waals surface area (Å²) in [5.74, 6) is 2.47. The van der Waals surface area contributed by atoms with Gasteiger partial charge in [0.15, 0.2) is 0 Å². The van der Waals surface area contributed by atoms with E-state index in [2.05, 4.69) is 5.87 Å². The number of benzene rings is 2. The van der Waals surface area contributed by atoms with Gasteiger partial charge in [-0.05, 0) is 17.5 Å². The molecule has 0 spiro atoms. The van der Waals surface area contributed by atoms with Crippen LogP contribution in [0.4, 0.5) is 0 Å². The van der Waals surface area contributed by atoms with Crippen LogP contribution in [0, 0.1) is 10.8 Å². The summed E-state index contributed by atoms with van der Waals surface area (Å²) in [7, 11) is 0. The third kappa shape index (κ3) is 1.88. The topological polar surface area (TPSA) is 77.2 Å². The van der Waals surface area contributed by atoms with Crippen LogP contribution in [0.3, 0.4) is 0 Å². The second-order valence-corrected chi connectivity index (χ2v) is 4.54. The van der Waals surface area contributed by atoms with Crippen LogP contribution in [-0.2, 0) is 0 Å². The van der Waals surface area contributed by atoms with E-state index in [0.717, 1.165) is 11.1 Å². The molecular formula is C16H12N2O2. The maximum absolute atomic E-state index is 9.54. The Morgan fingerprint density at radius 1 is 1.10 bits per heavy atom. The second-order valence-electron chi connectivity index (χ2n) is 4.54. The Labute approximate surface area is 116 Å². The lowest BCUT2D eigenvalue weighted by atomic mass is 9.83. The molecule has 4 heteroatoms. The summed E-state index contributed by atoms with van der Waals surface area (Å²) in [6.07, 6.45) is 0. The van der Waals surface area contributed by atoms with Crippen LogP contribution in [0.1, 0.15) is 17.0 Å². The zero-order valence-electron chi connectivity index (χ0n) is 10.6. The summed E-state index contributed by atoms with van der Waals surface area (Å²) in [4.78, 5) is 0. The first-order chi connectivity index (χ1) is 9.70. The van der Waals surface area contributed by atoms with Crippen LogP contribution in [0.15, 0.2) is 54.1 Å². The van der Waals surface area contributed by atoms with Crippen LogP contribution >= 0.6 is 0 Å². The number of ether oxygens (including phenoxy) is 1. The molecule has 1 atom stereocenters. The van der Waals surface area contributed by atoms with E-state index in [1.165, 1.54) is 6.07 Å². The van der Waals surface area contributed by atoms with E-state index in [1.54, 1.807) is 12.1 Å². The number of phenols is 1. The van der Waals surface area contributed by atoms with E-state index >= 15 is 0 Å². The molecule has 0 radical (unpaired) electrons. The quantitative estimate of drug-likeness (QED) is 0.692. The van der Waals surface area contributed by atoms with Crippen molar-refractivity contribution in [3.05, 3.63) is 65.2 Å². The van der Waals surface area contributed by atoms with Crippen molar-refractivity contribution in [3.63, 3.8) is 0 Å². The third-order valence-corrected chi connectivity index (χ3v) is 3.32. The predicted molar refractivity (Wildman–Crippen MR) is 76.0 cm³/mol. The highest BCUT2D eigenvalue weighted by molar-refractivity contribution is 6.04. The van der Waals surface area contributed by atoms with Gasteiger partial charge >= 0.3 is 0 Å². The van der Waals surface area contributed by atoms with Crippen molar-refractivity contribution in [2.45, 2.75) is 5.92 Å². The Morgan fingerprint density at radius 3 is 2.55 bits per heavy atom.